The minimum atomic E-state index is -0.508. The van der Waals surface area contributed by atoms with Crippen LogP contribution in [0.25, 0.3) is 0 Å². The maximum absolute atomic E-state index is 11.0. The molecule has 0 aliphatic heterocycles. The second kappa shape index (κ2) is 6.63. The Morgan fingerprint density at radius 3 is 2.81 bits per heavy atom. The molecule has 11 heteroatoms. The molecule has 0 atom stereocenters. The van der Waals surface area contributed by atoms with Crippen LogP contribution in [0.3, 0.4) is 0 Å². The fraction of sp³-hybridized carbons (Fsp3) is 0.400. The highest BCUT2D eigenvalue weighted by Crippen LogP contribution is 2.36. The van der Waals surface area contributed by atoms with E-state index < -0.39 is 4.92 Å². The van der Waals surface area contributed by atoms with Crippen molar-refractivity contribution in [2.24, 2.45) is 0 Å². The van der Waals surface area contributed by atoms with Crippen molar-refractivity contribution in [2.45, 2.75) is 16.3 Å². The van der Waals surface area contributed by atoms with Gasteiger partial charge in [0.2, 0.25) is 11.1 Å². The number of nitrogens with zero attached hydrogens (tertiary/aromatic N) is 6. The third-order valence-corrected chi connectivity index (χ3v) is 4.37. The van der Waals surface area contributed by atoms with Crippen molar-refractivity contribution < 1.29 is 4.92 Å². The number of hydrogen-bond donors (Lipinski definition) is 1. The van der Waals surface area contributed by atoms with E-state index in [1.54, 1.807) is 0 Å². The number of aromatic nitrogens is 4. The van der Waals surface area contributed by atoms with Gasteiger partial charge >= 0.3 is 5.69 Å². The Balaban J connectivity index is 2.31. The summed E-state index contributed by atoms with van der Waals surface area (Å²) in [6.07, 6.45) is 1.20. The molecule has 0 spiro atoms. The molecule has 0 aromatic carbocycles. The van der Waals surface area contributed by atoms with Gasteiger partial charge in [-0.05, 0) is 18.7 Å². The highest BCUT2D eigenvalue weighted by atomic mass is 32.2. The van der Waals surface area contributed by atoms with Crippen LogP contribution in [0.15, 0.2) is 15.6 Å². The maximum Gasteiger partial charge on any atom is 0.320 e. The Labute approximate surface area is 129 Å². The highest BCUT2D eigenvalue weighted by molar-refractivity contribution is 8.01. The van der Waals surface area contributed by atoms with E-state index in [0.717, 1.165) is 16.9 Å². The molecule has 0 aliphatic rings. The molecular weight excluding hydrogens is 314 g/mol. The average Bonchev–Trinajstić information content (AvgIpc) is 2.88. The lowest BCUT2D eigenvalue weighted by Gasteiger charge is -2.04. The average molecular weight is 327 g/mol. The lowest BCUT2D eigenvalue weighted by Crippen LogP contribution is -2.07. The van der Waals surface area contributed by atoms with Gasteiger partial charge in [-0.3, -0.25) is 10.1 Å². The molecule has 9 nitrogen and oxygen atoms in total. The molecule has 2 heterocycles. The molecule has 2 rings (SSSR count). The molecule has 2 aromatic rings. The summed E-state index contributed by atoms with van der Waals surface area (Å²) in [4.78, 5) is 20.4. The van der Waals surface area contributed by atoms with Crippen LogP contribution in [0.5, 0.6) is 0 Å². The van der Waals surface area contributed by atoms with Crippen LogP contribution in [0.4, 0.5) is 16.8 Å². The third kappa shape index (κ3) is 3.76. The van der Waals surface area contributed by atoms with Crippen molar-refractivity contribution in [3.63, 3.8) is 0 Å². The van der Waals surface area contributed by atoms with Gasteiger partial charge in [-0.1, -0.05) is 11.3 Å². The molecule has 1 N–H and O–H groups in total. The summed E-state index contributed by atoms with van der Waals surface area (Å²) in [6.45, 7) is 2.52. The van der Waals surface area contributed by atoms with Crippen LogP contribution in [-0.4, -0.2) is 45.7 Å². The van der Waals surface area contributed by atoms with Gasteiger partial charge in [0.15, 0.2) is 9.37 Å². The molecule has 2 aromatic heterocycles. The Hall–Kier alpha value is -2.01. The molecule has 0 fully saturated rings. The normalized spacial score (nSPS) is 10.4. The molecule has 0 unspecified atom stereocenters. The number of rotatable bonds is 6. The van der Waals surface area contributed by atoms with Gasteiger partial charge in [-0.25, -0.2) is 4.98 Å². The minimum Gasteiger partial charge on any atom is -0.354 e. The standard InChI is InChI=1S/C10H13N7O2S2/c1-4-11-8-12-5-6(17(18)19)7(13-8)20-10-15-14-9(21-10)16(2)3/h5H,4H2,1-3H3,(H,11,12,13). The van der Waals surface area contributed by atoms with E-state index >= 15 is 0 Å². The summed E-state index contributed by atoms with van der Waals surface area (Å²) in [5.74, 6) is 0.350. The van der Waals surface area contributed by atoms with Crippen molar-refractivity contribution in [3.05, 3.63) is 16.3 Å². The zero-order valence-electron chi connectivity index (χ0n) is 11.6. The first kappa shape index (κ1) is 15.4. The summed E-state index contributed by atoms with van der Waals surface area (Å²) in [5.41, 5.74) is -0.150. The fourth-order valence-corrected chi connectivity index (χ4v) is 3.05. The summed E-state index contributed by atoms with van der Waals surface area (Å²) in [6, 6.07) is 0. The Bertz CT molecular complexity index is 646. The largest absolute Gasteiger partial charge is 0.354 e. The third-order valence-electron chi connectivity index (χ3n) is 2.23. The van der Waals surface area contributed by atoms with E-state index in [1.807, 2.05) is 25.9 Å². The van der Waals surface area contributed by atoms with Gasteiger partial charge in [-0.15, -0.1) is 10.2 Å². The van der Waals surface area contributed by atoms with Crippen LogP contribution < -0.4 is 10.2 Å². The number of anilines is 2. The van der Waals surface area contributed by atoms with Gasteiger partial charge < -0.3 is 10.2 Å². The van der Waals surface area contributed by atoms with Crippen molar-refractivity contribution in [1.29, 1.82) is 0 Å². The predicted molar refractivity (Wildman–Crippen MR) is 81.2 cm³/mol. The molecular formula is C10H13N7O2S2. The van der Waals surface area contributed by atoms with Crippen molar-refractivity contribution in [2.75, 3.05) is 30.9 Å². The Morgan fingerprint density at radius 2 is 2.24 bits per heavy atom. The quantitative estimate of drug-likeness (QED) is 0.483. The van der Waals surface area contributed by atoms with Crippen LogP contribution in [0.1, 0.15) is 6.92 Å². The first-order chi connectivity index (χ1) is 10.0. The SMILES string of the molecule is CCNc1ncc([N+](=O)[O-])c(Sc2nnc(N(C)C)s2)n1. The maximum atomic E-state index is 11.0. The lowest BCUT2D eigenvalue weighted by molar-refractivity contribution is -0.388. The smallest absolute Gasteiger partial charge is 0.320 e. The Morgan fingerprint density at radius 1 is 1.48 bits per heavy atom. The molecule has 0 bridgehead atoms. The van der Waals surface area contributed by atoms with Crippen LogP contribution >= 0.6 is 23.1 Å². The number of nitro groups is 1. The summed E-state index contributed by atoms with van der Waals surface area (Å²) in [5, 5.41) is 22.9. The van der Waals surface area contributed by atoms with Crippen LogP contribution in [-0.2, 0) is 0 Å². The number of nitrogens with one attached hydrogen (secondary N) is 1. The van der Waals surface area contributed by atoms with Crippen molar-refractivity contribution in [1.82, 2.24) is 20.2 Å². The van der Waals surface area contributed by atoms with E-state index in [4.69, 9.17) is 0 Å². The monoisotopic (exact) mass is 327 g/mol. The van der Waals surface area contributed by atoms with Gasteiger partial charge in [0, 0.05) is 20.6 Å². The van der Waals surface area contributed by atoms with Gasteiger partial charge in [0.1, 0.15) is 6.20 Å². The van der Waals surface area contributed by atoms with Gasteiger partial charge in [-0.2, -0.15) is 4.98 Å². The second-order valence-corrected chi connectivity index (χ2v) is 6.21. The molecule has 0 radical (unpaired) electrons. The molecule has 112 valence electrons. The van der Waals surface area contributed by atoms with E-state index in [0.29, 0.717) is 16.8 Å². The molecule has 21 heavy (non-hydrogen) atoms. The Kier molecular flexibility index (Phi) is 4.85. The van der Waals surface area contributed by atoms with E-state index in [1.165, 1.54) is 17.5 Å². The van der Waals surface area contributed by atoms with Crippen molar-refractivity contribution in [3.8, 4) is 0 Å². The predicted octanol–water partition coefficient (Wildman–Crippen LogP) is 1.89. The summed E-state index contributed by atoms with van der Waals surface area (Å²) >= 11 is 2.44. The second-order valence-electron chi connectivity index (χ2n) is 4.02. The summed E-state index contributed by atoms with van der Waals surface area (Å²) in [7, 11) is 3.71. The molecule has 0 saturated carbocycles. The van der Waals surface area contributed by atoms with E-state index in [9.17, 15) is 10.1 Å². The molecule has 0 amide bonds. The van der Waals surface area contributed by atoms with E-state index in [-0.39, 0.29) is 10.7 Å². The van der Waals surface area contributed by atoms with Crippen LogP contribution in [0.2, 0.25) is 0 Å². The fourth-order valence-electron chi connectivity index (χ4n) is 1.31. The van der Waals surface area contributed by atoms with Crippen molar-refractivity contribution >= 4 is 39.9 Å². The zero-order valence-corrected chi connectivity index (χ0v) is 13.2. The molecule has 0 aliphatic carbocycles. The molecule has 0 saturated heterocycles. The highest BCUT2D eigenvalue weighted by Gasteiger charge is 2.20. The van der Waals surface area contributed by atoms with Crippen LogP contribution in [0, 0.1) is 10.1 Å². The van der Waals surface area contributed by atoms with E-state index in [2.05, 4.69) is 25.5 Å². The van der Waals surface area contributed by atoms with Gasteiger partial charge in [0.25, 0.3) is 0 Å². The zero-order chi connectivity index (χ0) is 15.4. The first-order valence-corrected chi connectivity index (χ1v) is 7.58. The topological polar surface area (TPSA) is 110 Å². The minimum absolute atomic E-state index is 0.150. The lowest BCUT2D eigenvalue weighted by atomic mass is 10.5. The summed E-state index contributed by atoms with van der Waals surface area (Å²) < 4.78 is 0.586. The first-order valence-electron chi connectivity index (χ1n) is 5.95. The number of hydrogen-bond acceptors (Lipinski definition) is 10. The van der Waals surface area contributed by atoms with Gasteiger partial charge in [0.05, 0.1) is 4.92 Å².